The van der Waals surface area contributed by atoms with Crippen LogP contribution in [0.15, 0.2) is 30.3 Å². The van der Waals surface area contributed by atoms with E-state index in [1.807, 2.05) is 18.2 Å². The molecule has 1 fully saturated rings. The van der Waals surface area contributed by atoms with Crippen LogP contribution in [-0.2, 0) is 14.4 Å². The third-order valence-corrected chi connectivity index (χ3v) is 4.99. The molecule has 2 N–H and O–H groups in total. The first-order valence-electron chi connectivity index (χ1n) is 8.80. The maximum Gasteiger partial charge on any atom is 0.230 e. The number of thioether (sulfide) groups is 1. The molecule has 0 saturated heterocycles. The van der Waals surface area contributed by atoms with E-state index in [1.54, 1.807) is 0 Å². The number of hydrogen-bond donors (Lipinski definition) is 2. The smallest absolute Gasteiger partial charge is 0.230 e. The Morgan fingerprint density at radius 1 is 1.08 bits per heavy atom. The van der Waals surface area contributed by atoms with Crippen LogP contribution in [0.2, 0.25) is 0 Å². The monoisotopic (exact) mass is 362 g/mol. The minimum atomic E-state index is -0.112. The molecule has 1 aliphatic rings. The lowest BCUT2D eigenvalue weighted by molar-refractivity contribution is -0.121. The van der Waals surface area contributed by atoms with Gasteiger partial charge in [-0.3, -0.25) is 14.4 Å². The summed E-state index contributed by atoms with van der Waals surface area (Å²) in [6.45, 7) is 2.05. The molecule has 5 nitrogen and oxygen atoms in total. The molecule has 136 valence electrons. The second-order valence-corrected chi connectivity index (χ2v) is 7.52. The maximum atomic E-state index is 11.9. The van der Waals surface area contributed by atoms with Crippen LogP contribution in [0.5, 0.6) is 0 Å². The number of rotatable bonds is 10. The van der Waals surface area contributed by atoms with Crippen LogP contribution >= 0.6 is 11.8 Å². The standard InChI is InChI=1S/C19H26N2O3S/c1-14(22)25-13-19(24)20-11-7-3-6-10-18(23)21-17-12-16(17)15-8-4-2-5-9-15/h2,4-5,8-9,16-17H,3,6-7,10-13H2,1H3,(H,20,24)(H,21,23). The quantitative estimate of drug-likeness (QED) is 0.628. The van der Waals surface area contributed by atoms with Gasteiger partial charge >= 0.3 is 0 Å². The van der Waals surface area contributed by atoms with Crippen LogP contribution in [0.3, 0.4) is 0 Å². The molecule has 1 aliphatic carbocycles. The van der Waals surface area contributed by atoms with Gasteiger partial charge in [-0.25, -0.2) is 0 Å². The number of unbranched alkanes of at least 4 members (excludes halogenated alkanes) is 2. The third-order valence-electron chi connectivity index (χ3n) is 4.17. The van der Waals surface area contributed by atoms with E-state index in [-0.39, 0.29) is 28.7 Å². The van der Waals surface area contributed by atoms with Gasteiger partial charge in [0.15, 0.2) is 5.12 Å². The Labute approximate surface area is 153 Å². The maximum absolute atomic E-state index is 11.9. The first-order valence-corrected chi connectivity index (χ1v) is 9.79. The highest BCUT2D eigenvalue weighted by molar-refractivity contribution is 8.14. The Bertz CT molecular complexity index is 592. The van der Waals surface area contributed by atoms with Gasteiger partial charge in [-0.2, -0.15) is 0 Å². The van der Waals surface area contributed by atoms with Crippen LogP contribution in [0, 0.1) is 0 Å². The van der Waals surface area contributed by atoms with Gasteiger partial charge in [0.25, 0.3) is 0 Å². The average Bonchev–Trinajstić information content (AvgIpc) is 3.36. The van der Waals surface area contributed by atoms with E-state index in [9.17, 15) is 14.4 Å². The van der Waals surface area contributed by atoms with Crippen molar-refractivity contribution in [1.82, 2.24) is 10.6 Å². The number of nitrogens with one attached hydrogen (secondary N) is 2. The zero-order valence-electron chi connectivity index (χ0n) is 14.6. The normalized spacial score (nSPS) is 18.4. The van der Waals surface area contributed by atoms with Gasteiger partial charge in [-0.05, 0) is 24.8 Å². The van der Waals surface area contributed by atoms with E-state index in [0.29, 0.717) is 18.9 Å². The second-order valence-electron chi connectivity index (χ2n) is 6.37. The molecule has 2 atom stereocenters. The van der Waals surface area contributed by atoms with Crippen LogP contribution in [0.1, 0.15) is 50.5 Å². The average molecular weight is 362 g/mol. The Morgan fingerprint density at radius 3 is 2.56 bits per heavy atom. The fourth-order valence-corrected chi connectivity index (χ4v) is 3.17. The third kappa shape index (κ3) is 7.73. The fourth-order valence-electron chi connectivity index (χ4n) is 2.74. The summed E-state index contributed by atoms with van der Waals surface area (Å²) in [6.07, 6.45) is 4.14. The minimum Gasteiger partial charge on any atom is -0.355 e. The number of hydrogen-bond acceptors (Lipinski definition) is 4. The van der Waals surface area contributed by atoms with Gasteiger partial charge in [-0.15, -0.1) is 0 Å². The summed E-state index contributed by atoms with van der Waals surface area (Å²) in [5.74, 6) is 0.652. The van der Waals surface area contributed by atoms with Crippen molar-refractivity contribution < 1.29 is 14.4 Å². The van der Waals surface area contributed by atoms with Crippen molar-refractivity contribution in [2.24, 2.45) is 0 Å². The van der Waals surface area contributed by atoms with Gasteiger partial charge in [0.1, 0.15) is 0 Å². The molecular weight excluding hydrogens is 336 g/mol. The lowest BCUT2D eigenvalue weighted by Crippen LogP contribution is -2.27. The van der Waals surface area contributed by atoms with Gasteiger partial charge in [0.2, 0.25) is 11.8 Å². The minimum absolute atomic E-state index is 0.0497. The predicted molar refractivity (Wildman–Crippen MR) is 100 cm³/mol. The first kappa shape index (κ1) is 19.5. The molecule has 0 aromatic heterocycles. The van der Waals surface area contributed by atoms with E-state index >= 15 is 0 Å². The molecule has 2 amide bonds. The molecule has 2 rings (SSSR count). The summed E-state index contributed by atoms with van der Waals surface area (Å²) in [7, 11) is 0. The SMILES string of the molecule is CC(=O)SCC(=O)NCCCCCC(=O)NC1CC1c1ccccc1. The number of carbonyl (C=O) groups is 3. The van der Waals surface area contributed by atoms with Crippen molar-refractivity contribution in [3.05, 3.63) is 35.9 Å². The van der Waals surface area contributed by atoms with Crippen molar-refractivity contribution >= 4 is 28.7 Å². The van der Waals surface area contributed by atoms with Crippen molar-refractivity contribution in [3.63, 3.8) is 0 Å². The molecule has 1 saturated carbocycles. The summed E-state index contributed by atoms with van der Waals surface area (Å²) in [5, 5.41) is 5.83. The fraction of sp³-hybridized carbons (Fsp3) is 0.526. The lowest BCUT2D eigenvalue weighted by atomic mass is 10.1. The lowest BCUT2D eigenvalue weighted by Gasteiger charge is -2.06. The second kappa shape index (κ2) is 10.2. The zero-order valence-corrected chi connectivity index (χ0v) is 15.4. The highest BCUT2D eigenvalue weighted by Crippen LogP contribution is 2.40. The molecule has 2 unspecified atom stereocenters. The van der Waals surface area contributed by atoms with Crippen molar-refractivity contribution in [2.75, 3.05) is 12.3 Å². The van der Waals surface area contributed by atoms with Gasteiger partial charge < -0.3 is 10.6 Å². The molecule has 0 radical (unpaired) electrons. The molecule has 1 aromatic rings. The Hall–Kier alpha value is -1.82. The summed E-state index contributed by atoms with van der Waals surface area (Å²) in [4.78, 5) is 34.1. The molecule has 25 heavy (non-hydrogen) atoms. The van der Waals surface area contributed by atoms with E-state index < -0.39 is 0 Å². The van der Waals surface area contributed by atoms with Gasteiger partial charge in [0.05, 0.1) is 5.75 Å². The number of carbonyl (C=O) groups excluding carboxylic acids is 3. The molecule has 0 spiro atoms. The first-order chi connectivity index (χ1) is 12.1. The molecule has 1 aromatic carbocycles. The van der Waals surface area contributed by atoms with E-state index in [2.05, 4.69) is 22.8 Å². The van der Waals surface area contributed by atoms with E-state index in [1.165, 1.54) is 12.5 Å². The molecule has 6 heteroatoms. The topological polar surface area (TPSA) is 75.3 Å². The van der Waals surface area contributed by atoms with Gasteiger partial charge in [-0.1, -0.05) is 48.5 Å². The van der Waals surface area contributed by atoms with E-state index in [4.69, 9.17) is 0 Å². The predicted octanol–water partition coefficient (Wildman–Crippen LogP) is 2.62. The zero-order chi connectivity index (χ0) is 18.1. The van der Waals surface area contributed by atoms with Crippen LogP contribution in [0.4, 0.5) is 0 Å². The number of amides is 2. The molecular formula is C19H26N2O3S. The Morgan fingerprint density at radius 2 is 1.84 bits per heavy atom. The molecule has 0 heterocycles. The largest absolute Gasteiger partial charge is 0.355 e. The molecule has 0 bridgehead atoms. The number of benzene rings is 1. The Balaban J connectivity index is 1.47. The highest BCUT2D eigenvalue weighted by Gasteiger charge is 2.39. The van der Waals surface area contributed by atoms with Gasteiger partial charge in [0, 0.05) is 31.8 Å². The Kier molecular flexibility index (Phi) is 7.98. The summed E-state index contributed by atoms with van der Waals surface area (Å²) >= 11 is 1.02. The summed E-state index contributed by atoms with van der Waals surface area (Å²) < 4.78 is 0. The van der Waals surface area contributed by atoms with E-state index in [0.717, 1.165) is 37.4 Å². The summed E-state index contributed by atoms with van der Waals surface area (Å²) in [5.41, 5.74) is 1.30. The van der Waals surface area contributed by atoms with Crippen LogP contribution in [-0.4, -0.2) is 35.3 Å². The summed E-state index contributed by atoms with van der Waals surface area (Å²) in [6, 6.07) is 10.6. The van der Waals surface area contributed by atoms with Crippen molar-refractivity contribution in [3.8, 4) is 0 Å². The van der Waals surface area contributed by atoms with Crippen LogP contribution < -0.4 is 10.6 Å². The van der Waals surface area contributed by atoms with Crippen LogP contribution in [0.25, 0.3) is 0 Å². The van der Waals surface area contributed by atoms with Crippen molar-refractivity contribution in [1.29, 1.82) is 0 Å². The van der Waals surface area contributed by atoms with Crippen molar-refractivity contribution in [2.45, 2.75) is 51.0 Å². The molecule has 0 aliphatic heterocycles. The highest BCUT2D eigenvalue weighted by atomic mass is 32.2.